The summed E-state index contributed by atoms with van der Waals surface area (Å²) in [5.41, 5.74) is 5.35. The molecule has 2 rings (SSSR count). The number of nitrogens with zero attached hydrogens (tertiary/aromatic N) is 1. The fourth-order valence-corrected chi connectivity index (χ4v) is 3.34. The van der Waals surface area contributed by atoms with Crippen LogP contribution in [0.5, 0.6) is 0 Å². The maximum absolute atomic E-state index is 13.9. The predicted octanol–water partition coefficient (Wildman–Crippen LogP) is 3.42. The van der Waals surface area contributed by atoms with Gasteiger partial charge >= 0.3 is 0 Å². The highest BCUT2D eigenvalue weighted by atomic mass is 32.1. The van der Waals surface area contributed by atoms with Gasteiger partial charge in [-0.25, -0.2) is 4.39 Å². The number of hydrogen-bond acceptors (Lipinski definition) is 2. The van der Waals surface area contributed by atoms with Gasteiger partial charge in [0.05, 0.1) is 16.1 Å². The van der Waals surface area contributed by atoms with E-state index in [4.69, 9.17) is 18.0 Å². The summed E-state index contributed by atoms with van der Waals surface area (Å²) in [4.78, 5) is 14.6. The molecule has 114 valence electrons. The lowest BCUT2D eigenvalue weighted by Gasteiger charge is -2.34. The smallest absolute Gasteiger partial charge is 0.239 e. The van der Waals surface area contributed by atoms with Gasteiger partial charge < -0.3 is 10.6 Å². The van der Waals surface area contributed by atoms with Crippen LogP contribution in [0.2, 0.25) is 0 Å². The SMILES string of the molecule is CN(C(=O)C1(C(N)=S)CCCCCC1)c1ccccc1F. The van der Waals surface area contributed by atoms with E-state index in [2.05, 4.69) is 0 Å². The summed E-state index contributed by atoms with van der Waals surface area (Å²) in [5, 5.41) is 0. The Labute approximate surface area is 130 Å². The van der Waals surface area contributed by atoms with Gasteiger partial charge in [0.15, 0.2) is 0 Å². The molecule has 0 atom stereocenters. The maximum atomic E-state index is 13.9. The molecule has 0 spiro atoms. The molecule has 1 amide bonds. The Kier molecular flexibility index (Phi) is 4.93. The van der Waals surface area contributed by atoms with Gasteiger partial charge in [-0.05, 0) is 25.0 Å². The first-order valence-corrected chi connectivity index (χ1v) is 7.72. The number of carbonyl (C=O) groups is 1. The number of para-hydroxylation sites is 1. The molecule has 0 saturated heterocycles. The zero-order chi connectivity index (χ0) is 15.5. The average Bonchev–Trinajstić information content (AvgIpc) is 2.73. The fraction of sp³-hybridized carbons (Fsp3) is 0.500. The number of anilines is 1. The zero-order valence-corrected chi connectivity index (χ0v) is 13.1. The Hall–Kier alpha value is -1.49. The molecular weight excluding hydrogens is 287 g/mol. The summed E-state index contributed by atoms with van der Waals surface area (Å²) < 4.78 is 13.9. The largest absolute Gasteiger partial charge is 0.392 e. The molecule has 0 unspecified atom stereocenters. The van der Waals surface area contributed by atoms with E-state index < -0.39 is 11.2 Å². The monoisotopic (exact) mass is 308 g/mol. The minimum atomic E-state index is -0.830. The van der Waals surface area contributed by atoms with Crippen molar-refractivity contribution in [3.05, 3.63) is 30.1 Å². The van der Waals surface area contributed by atoms with E-state index in [-0.39, 0.29) is 16.6 Å². The van der Waals surface area contributed by atoms with Gasteiger partial charge in [-0.1, -0.05) is 50.0 Å². The van der Waals surface area contributed by atoms with E-state index in [1.807, 2.05) is 0 Å². The molecule has 3 nitrogen and oxygen atoms in total. The van der Waals surface area contributed by atoms with E-state index in [0.29, 0.717) is 12.8 Å². The standard InChI is InChI=1S/C16H21FN2OS/c1-19(13-9-5-4-8-12(13)17)15(20)16(14(18)21)10-6-2-3-7-11-16/h4-5,8-9H,2-3,6-7,10-11H2,1H3,(H2,18,21). The number of rotatable bonds is 3. The van der Waals surface area contributed by atoms with Gasteiger partial charge in [0.2, 0.25) is 5.91 Å². The van der Waals surface area contributed by atoms with Crippen molar-refractivity contribution < 1.29 is 9.18 Å². The highest BCUT2D eigenvalue weighted by Gasteiger charge is 2.43. The molecule has 1 aromatic rings. The van der Waals surface area contributed by atoms with Crippen LogP contribution in [0.1, 0.15) is 38.5 Å². The summed E-state index contributed by atoms with van der Waals surface area (Å²) in [6.45, 7) is 0. The predicted molar refractivity (Wildman–Crippen MR) is 86.7 cm³/mol. The van der Waals surface area contributed by atoms with Gasteiger partial charge in [0.1, 0.15) is 5.82 Å². The van der Waals surface area contributed by atoms with Crippen LogP contribution in [-0.4, -0.2) is 17.9 Å². The van der Waals surface area contributed by atoms with Gasteiger partial charge in [-0.2, -0.15) is 0 Å². The maximum Gasteiger partial charge on any atom is 0.239 e. The summed E-state index contributed by atoms with van der Waals surface area (Å²) >= 11 is 5.20. The molecule has 2 N–H and O–H groups in total. The Morgan fingerprint density at radius 1 is 1.24 bits per heavy atom. The average molecular weight is 308 g/mol. The van der Waals surface area contributed by atoms with Crippen LogP contribution < -0.4 is 10.6 Å². The lowest BCUT2D eigenvalue weighted by Crippen LogP contribution is -2.49. The molecule has 1 aromatic carbocycles. The minimum absolute atomic E-state index is 0.193. The highest BCUT2D eigenvalue weighted by molar-refractivity contribution is 7.80. The van der Waals surface area contributed by atoms with Crippen molar-refractivity contribution in [2.24, 2.45) is 11.1 Å². The molecular formula is C16H21FN2OS. The molecule has 0 bridgehead atoms. The van der Waals surface area contributed by atoms with Crippen molar-refractivity contribution >= 4 is 28.8 Å². The van der Waals surface area contributed by atoms with Crippen LogP contribution in [0.3, 0.4) is 0 Å². The number of carbonyl (C=O) groups excluding carboxylic acids is 1. The normalized spacial score (nSPS) is 17.8. The lowest BCUT2D eigenvalue weighted by atomic mass is 9.78. The third-order valence-corrected chi connectivity index (χ3v) is 4.75. The van der Waals surface area contributed by atoms with Crippen molar-refractivity contribution in [2.45, 2.75) is 38.5 Å². The van der Waals surface area contributed by atoms with Crippen molar-refractivity contribution in [2.75, 3.05) is 11.9 Å². The van der Waals surface area contributed by atoms with E-state index in [0.717, 1.165) is 25.7 Å². The Morgan fingerprint density at radius 2 is 1.81 bits per heavy atom. The van der Waals surface area contributed by atoms with Crippen LogP contribution in [-0.2, 0) is 4.79 Å². The number of amides is 1. The van der Waals surface area contributed by atoms with Crippen LogP contribution in [0, 0.1) is 11.2 Å². The summed E-state index contributed by atoms with van der Waals surface area (Å²) in [5.74, 6) is -0.609. The van der Waals surface area contributed by atoms with Crippen molar-refractivity contribution in [1.82, 2.24) is 0 Å². The number of hydrogen-bond donors (Lipinski definition) is 1. The quantitative estimate of drug-likeness (QED) is 0.687. The van der Waals surface area contributed by atoms with Gasteiger partial charge in [-0.15, -0.1) is 0 Å². The third-order valence-electron chi connectivity index (χ3n) is 4.36. The van der Waals surface area contributed by atoms with Gasteiger partial charge in [0.25, 0.3) is 0 Å². The summed E-state index contributed by atoms with van der Waals surface area (Å²) in [7, 11) is 1.59. The Balaban J connectivity index is 2.34. The second kappa shape index (κ2) is 6.52. The number of nitrogens with two attached hydrogens (primary N) is 1. The van der Waals surface area contributed by atoms with Crippen LogP contribution in [0.25, 0.3) is 0 Å². The van der Waals surface area contributed by atoms with E-state index in [1.165, 1.54) is 11.0 Å². The first kappa shape index (κ1) is 15.9. The molecule has 0 radical (unpaired) electrons. The molecule has 1 fully saturated rings. The number of thiocarbonyl (C=S) groups is 1. The molecule has 0 aromatic heterocycles. The second-order valence-electron chi connectivity index (χ2n) is 5.68. The van der Waals surface area contributed by atoms with E-state index >= 15 is 0 Å². The molecule has 5 heteroatoms. The Bertz CT molecular complexity index is 539. The summed E-state index contributed by atoms with van der Waals surface area (Å²) in [6, 6.07) is 6.26. The molecule has 0 heterocycles. The van der Waals surface area contributed by atoms with E-state index in [1.54, 1.807) is 25.2 Å². The summed E-state index contributed by atoms with van der Waals surface area (Å²) in [6.07, 6.45) is 5.32. The van der Waals surface area contributed by atoms with Gasteiger partial charge in [0, 0.05) is 7.05 Å². The van der Waals surface area contributed by atoms with Crippen molar-refractivity contribution in [1.29, 1.82) is 0 Å². The zero-order valence-electron chi connectivity index (χ0n) is 12.3. The Morgan fingerprint density at radius 3 is 2.33 bits per heavy atom. The van der Waals surface area contributed by atoms with Crippen molar-refractivity contribution in [3.63, 3.8) is 0 Å². The fourth-order valence-electron chi connectivity index (χ4n) is 3.05. The second-order valence-corrected chi connectivity index (χ2v) is 6.12. The number of benzene rings is 1. The third kappa shape index (κ3) is 3.07. The minimum Gasteiger partial charge on any atom is -0.392 e. The number of halogens is 1. The topological polar surface area (TPSA) is 46.3 Å². The molecule has 1 aliphatic carbocycles. The van der Waals surface area contributed by atoms with Gasteiger partial charge in [-0.3, -0.25) is 4.79 Å². The van der Waals surface area contributed by atoms with E-state index in [9.17, 15) is 9.18 Å². The first-order valence-electron chi connectivity index (χ1n) is 7.31. The molecule has 21 heavy (non-hydrogen) atoms. The van der Waals surface area contributed by atoms with Crippen molar-refractivity contribution in [3.8, 4) is 0 Å². The molecule has 1 aliphatic rings. The lowest BCUT2D eigenvalue weighted by molar-refractivity contribution is -0.125. The highest BCUT2D eigenvalue weighted by Crippen LogP contribution is 2.38. The van der Waals surface area contributed by atoms with Crippen LogP contribution in [0.4, 0.5) is 10.1 Å². The van der Waals surface area contributed by atoms with Crippen LogP contribution in [0.15, 0.2) is 24.3 Å². The molecule has 0 aliphatic heterocycles. The van der Waals surface area contributed by atoms with Crippen LogP contribution >= 0.6 is 12.2 Å². The first-order chi connectivity index (χ1) is 9.99. The molecule has 1 saturated carbocycles.